The van der Waals surface area contributed by atoms with Gasteiger partial charge < -0.3 is 15.2 Å². The summed E-state index contributed by atoms with van der Waals surface area (Å²) in [5, 5.41) is 13.4. The Morgan fingerprint density at radius 2 is 2.10 bits per heavy atom. The summed E-state index contributed by atoms with van der Waals surface area (Å²) in [6.07, 6.45) is 1.72. The number of nitrogens with one attached hydrogen (secondary N) is 1. The molecular formula is C15H12BrN3O2. The fourth-order valence-electron chi connectivity index (χ4n) is 2.01. The predicted molar refractivity (Wildman–Crippen MR) is 85.2 cm³/mol. The lowest BCUT2D eigenvalue weighted by Gasteiger charge is -2.09. The quantitative estimate of drug-likeness (QED) is 0.754. The first-order valence-corrected chi connectivity index (χ1v) is 7.01. The summed E-state index contributed by atoms with van der Waals surface area (Å²) >= 11 is 3.43. The number of rotatable bonds is 3. The van der Waals surface area contributed by atoms with Crippen molar-refractivity contribution in [1.82, 2.24) is 9.97 Å². The zero-order valence-electron chi connectivity index (χ0n) is 11.2. The van der Waals surface area contributed by atoms with Gasteiger partial charge in [0.1, 0.15) is 17.0 Å². The topological polar surface area (TPSA) is 67.3 Å². The third kappa shape index (κ3) is 2.90. The summed E-state index contributed by atoms with van der Waals surface area (Å²) in [7, 11) is 1.60. The van der Waals surface area contributed by atoms with Crippen LogP contribution in [0.5, 0.6) is 11.5 Å². The Labute approximate surface area is 129 Å². The third-order valence-corrected chi connectivity index (χ3v) is 3.39. The highest BCUT2D eigenvalue weighted by Crippen LogP contribution is 2.29. The molecule has 5 nitrogen and oxygen atoms in total. The van der Waals surface area contributed by atoms with Crippen LogP contribution in [0, 0.1) is 0 Å². The number of ether oxygens (including phenoxy) is 1. The summed E-state index contributed by atoms with van der Waals surface area (Å²) in [4.78, 5) is 8.73. The number of phenols is 1. The number of aromatic hydroxyl groups is 1. The van der Waals surface area contributed by atoms with E-state index >= 15 is 0 Å². The maximum absolute atomic E-state index is 9.47. The maximum Gasteiger partial charge on any atom is 0.227 e. The maximum atomic E-state index is 9.47. The minimum absolute atomic E-state index is 0.183. The fraction of sp³-hybridized carbons (Fsp3) is 0.0667. The lowest BCUT2D eigenvalue weighted by atomic mass is 10.2. The Hall–Kier alpha value is -2.34. The van der Waals surface area contributed by atoms with Gasteiger partial charge in [0.2, 0.25) is 5.95 Å². The Kier molecular flexibility index (Phi) is 3.62. The Morgan fingerprint density at radius 1 is 1.24 bits per heavy atom. The summed E-state index contributed by atoms with van der Waals surface area (Å²) in [6, 6.07) is 10.6. The molecule has 21 heavy (non-hydrogen) atoms. The van der Waals surface area contributed by atoms with E-state index in [1.807, 2.05) is 18.2 Å². The first kappa shape index (κ1) is 13.6. The average molecular weight is 346 g/mol. The van der Waals surface area contributed by atoms with Crippen molar-refractivity contribution >= 4 is 38.5 Å². The van der Waals surface area contributed by atoms with E-state index in [1.54, 1.807) is 31.5 Å². The molecule has 0 spiro atoms. The van der Waals surface area contributed by atoms with E-state index in [2.05, 4.69) is 31.2 Å². The zero-order valence-corrected chi connectivity index (χ0v) is 12.8. The highest BCUT2D eigenvalue weighted by molar-refractivity contribution is 9.10. The first-order valence-electron chi connectivity index (χ1n) is 6.22. The van der Waals surface area contributed by atoms with Gasteiger partial charge in [-0.25, -0.2) is 9.97 Å². The summed E-state index contributed by atoms with van der Waals surface area (Å²) in [6.45, 7) is 0. The monoisotopic (exact) mass is 345 g/mol. The number of benzene rings is 2. The molecule has 0 saturated heterocycles. The molecule has 0 fully saturated rings. The van der Waals surface area contributed by atoms with Gasteiger partial charge in [0.05, 0.1) is 7.11 Å². The first-order chi connectivity index (χ1) is 10.2. The fourth-order valence-corrected chi connectivity index (χ4v) is 2.46. The van der Waals surface area contributed by atoms with Crippen molar-refractivity contribution in [3.05, 3.63) is 47.1 Å². The van der Waals surface area contributed by atoms with E-state index < -0.39 is 0 Å². The van der Waals surface area contributed by atoms with Gasteiger partial charge in [-0.15, -0.1) is 0 Å². The Balaban J connectivity index is 2.02. The molecule has 3 rings (SSSR count). The number of nitrogens with zero attached hydrogens (tertiary/aromatic N) is 2. The van der Waals surface area contributed by atoms with Crippen molar-refractivity contribution in [2.75, 3.05) is 12.4 Å². The van der Waals surface area contributed by atoms with Gasteiger partial charge in [-0.05, 0) is 24.3 Å². The number of hydrogen-bond donors (Lipinski definition) is 2. The highest BCUT2D eigenvalue weighted by atomic mass is 79.9. The molecule has 0 saturated carbocycles. The van der Waals surface area contributed by atoms with Crippen molar-refractivity contribution in [2.45, 2.75) is 0 Å². The van der Waals surface area contributed by atoms with E-state index in [4.69, 9.17) is 4.74 Å². The van der Waals surface area contributed by atoms with Crippen LogP contribution in [-0.2, 0) is 0 Å². The summed E-state index contributed by atoms with van der Waals surface area (Å²) in [5.41, 5.74) is 1.43. The van der Waals surface area contributed by atoms with E-state index in [0.717, 1.165) is 15.4 Å². The number of phenolic OH excluding ortho intramolecular Hbond substituents is 1. The molecule has 2 N–H and O–H groups in total. The molecule has 0 aliphatic rings. The SMILES string of the molecule is COc1cc(Br)cc2cnc(Nc3cccc(O)c3)nc12. The van der Waals surface area contributed by atoms with Crippen LogP contribution in [0.15, 0.2) is 47.1 Å². The predicted octanol–water partition coefficient (Wildman–Crippen LogP) is 3.85. The normalized spacial score (nSPS) is 10.6. The van der Waals surface area contributed by atoms with Gasteiger partial charge in [-0.1, -0.05) is 22.0 Å². The van der Waals surface area contributed by atoms with Crippen LogP contribution >= 0.6 is 15.9 Å². The van der Waals surface area contributed by atoms with Crippen LogP contribution in [0.1, 0.15) is 0 Å². The number of halogens is 1. The van der Waals surface area contributed by atoms with Crippen LogP contribution in [0.4, 0.5) is 11.6 Å². The molecule has 0 radical (unpaired) electrons. The second-order valence-corrected chi connectivity index (χ2v) is 5.33. The highest BCUT2D eigenvalue weighted by Gasteiger charge is 2.08. The van der Waals surface area contributed by atoms with Crippen LogP contribution in [0.25, 0.3) is 10.9 Å². The molecule has 0 bridgehead atoms. The number of aromatic nitrogens is 2. The van der Waals surface area contributed by atoms with Crippen molar-refractivity contribution < 1.29 is 9.84 Å². The van der Waals surface area contributed by atoms with E-state index in [1.165, 1.54) is 0 Å². The molecule has 2 aromatic carbocycles. The molecule has 1 heterocycles. The van der Waals surface area contributed by atoms with Gasteiger partial charge in [0, 0.05) is 27.8 Å². The summed E-state index contributed by atoms with van der Waals surface area (Å²) < 4.78 is 6.25. The molecular weight excluding hydrogens is 334 g/mol. The van der Waals surface area contributed by atoms with Crippen molar-refractivity contribution in [3.8, 4) is 11.5 Å². The summed E-state index contributed by atoms with van der Waals surface area (Å²) in [5.74, 6) is 1.29. The second-order valence-electron chi connectivity index (χ2n) is 4.41. The molecule has 106 valence electrons. The van der Waals surface area contributed by atoms with Crippen molar-refractivity contribution in [1.29, 1.82) is 0 Å². The second kappa shape index (κ2) is 5.57. The van der Waals surface area contributed by atoms with Gasteiger partial charge in [-0.2, -0.15) is 0 Å². The van der Waals surface area contributed by atoms with Gasteiger partial charge in [0.25, 0.3) is 0 Å². The molecule has 0 atom stereocenters. The zero-order chi connectivity index (χ0) is 14.8. The van der Waals surface area contributed by atoms with Crippen LogP contribution in [-0.4, -0.2) is 22.2 Å². The molecule has 0 aliphatic carbocycles. The van der Waals surface area contributed by atoms with Gasteiger partial charge in [0.15, 0.2) is 0 Å². The van der Waals surface area contributed by atoms with Crippen molar-refractivity contribution in [2.24, 2.45) is 0 Å². The number of hydrogen-bond acceptors (Lipinski definition) is 5. The smallest absolute Gasteiger partial charge is 0.227 e. The molecule has 3 aromatic rings. The average Bonchev–Trinajstić information content (AvgIpc) is 2.47. The minimum atomic E-state index is 0.183. The van der Waals surface area contributed by atoms with Crippen LogP contribution < -0.4 is 10.1 Å². The minimum Gasteiger partial charge on any atom is -0.508 e. The molecule has 6 heteroatoms. The largest absolute Gasteiger partial charge is 0.508 e. The van der Waals surface area contributed by atoms with Gasteiger partial charge in [-0.3, -0.25) is 0 Å². The number of fused-ring (bicyclic) bond motifs is 1. The standard InChI is InChI=1S/C15H12BrN3O2/c1-21-13-6-10(16)5-9-8-17-15(19-14(9)13)18-11-3-2-4-12(20)7-11/h2-8,20H,1H3,(H,17,18,19). The Morgan fingerprint density at radius 3 is 2.86 bits per heavy atom. The lowest BCUT2D eigenvalue weighted by molar-refractivity contribution is 0.418. The molecule has 0 unspecified atom stereocenters. The Bertz CT molecular complexity index is 808. The van der Waals surface area contributed by atoms with E-state index in [9.17, 15) is 5.11 Å². The molecule has 0 aliphatic heterocycles. The van der Waals surface area contributed by atoms with Crippen LogP contribution in [0.3, 0.4) is 0 Å². The number of methoxy groups -OCH3 is 1. The van der Waals surface area contributed by atoms with E-state index in [-0.39, 0.29) is 5.75 Å². The van der Waals surface area contributed by atoms with Crippen LogP contribution in [0.2, 0.25) is 0 Å². The molecule has 0 amide bonds. The van der Waals surface area contributed by atoms with Gasteiger partial charge >= 0.3 is 0 Å². The number of anilines is 2. The van der Waals surface area contributed by atoms with Crippen molar-refractivity contribution in [3.63, 3.8) is 0 Å². The van der Waals surface area contributed by atoms with E-state index in [0.29, 0.717) is 17.4 Å². The molecule has 1 aromatic heterocycles. The lowest BCUT2D eigenvalue weighted by Crippen LogP contribution is -1.98. The third-order valence-electron chi connectivity index (χ3n) is 2.94.